The van der Waals surface area contributed by atoms with Crippen molar-refractivity contribution in [2.45, 2.75) is 6.92 Å². The van der Waals surface area contributed by atoms with Crippen molar-refractivity contribution < 1.29 is 22.7 Å². The number of hydrogen-bond acceptors (Lipinski definition) is 6. The summed E-state index contributed by atoms with van der Waals surface area (Å²) >= 11 is 0. The van der Waals surface area contributed by atoms with Gasteiger partial charge in [-0.25, -0.2) is 8.42 Å². The minimum atomic E-state index is -3.20. The van der Waals surface area contributed by atoms with Gasteiger partial charge in [-0.2, -0.15) is 4.31 Å². The van der Waals surface area contributed by atoms with Crippen LogP contribution in [0, 0.1) is 0 Å². The van der Waals surface area contributed by atoms with Crippen molar-refractivity contribution in [3.8, 4) is 0 Å². The fourth-order valence-corrected chi connectivity index (χ4v) is 2.91. The van der Waals surface area contributed by atoms with Crippen LogP contribution in [0.1, 0.15) is 6.92 Å². The summed E-state index contributed by atoms with van der Waals surface area (Å²) in [5.74, 6) is -0.482. The first-order valence-corrected chi connectivity index (χ1v) is 8.66. The van der Waals surface area contributed by atoms with E-state index in [9.17, 15) is 18.0 Å². The Morgan fingerprint density at radius 1 is 1.14 bits per heavy atom. The average molecular weight is 321 g/mol. The number of carbonyl (C=O) groups is 2. The van der Waals surface area contributed by atoms with Gasteiger partial charge in [0.2, 0.25) is 15.9 Å². The quantitative estimate of drug-likeness (QED) is 0.558. The molecule has 0 radical (unpaired) electrons. The lowest BCUT2D eigenvalue weighted by molar-refractivity contribution is -0.144. The third-order valence-corrected chi connectivity index (χ3v) is 4.47. The molecule has 1 amide bonds. The Morgan fingerprint density at radius 3 is 2.19 bits per heavy atom. The number of likely N-dealkylation sites (N-methyl/N-ethyl adjacent to an activating group) is 1. The van der Waals surface area contributed by atoms with Crippen LogP contribution >= 0.6 is 0 Å². The first kappa shape index (κ1) is 17.9. The van der Waals surface area contributed by atoms with E-state index in [1.807, 2.05) is 0 Å². The third kappa shape index (κ3) is 5.98. The van der Waals surface area contributed by atoms with E-state index >= 15 is 0 Å². The van der Waals surface area contributed by atoms with Gasteiger partial charge in [0, 0.05) is 26.2 Å². The first-order valence-electron chi connectivity index (χ1n) is 6.81. The normalized spacial score (nSPS) is 17.0. The molecule has 1 aliphatic rings. The third-order valence-electron chi connectivity index (χ3n) is 3.17. The second kappa shape index (κ2) is 7.71. The summed E-state index contributed by atoms with van der Waals surface area (Å²) in [5, 5.41) is 0. The zero-order valence-electron chi connectivity index (χ0n) is 12.7. The Bertz CT molecular complexity index is 471. The maximum atomic E-state index is 12.1. The van der Waals surface area contributed by atoms with Gasteiger partial charge in [-0.15, -0.1) is 0 Å². The van der Waals surface area contributed by atoms with Crippen molar-refractivity contribution in [3.05, 3.63) is 0 Å². The van der Waals surface area contributed by atoms with Gasteiger partial charge >= 0.3 is 5.97 Å². The Labute approximate surface area is 125 Å². The highest BCUT2D eigenvalue weighted by Gasteiger charge is 2.26. The molecule has 21 heavy (non-hydrogen) atoms. The lowest BCUT2D eigenvalue weighted by Crippen LogP contribution is -2.52. The molecule has 122 valence electrons. The van der Waals surface area contributed by atoms with Crippen LogP contribution in [0.5, 0.6) is 0 Å². The molecule has 0 aromatic carbocycles. The second-order valence-corrected chi connectivity index (χ2v) is 7.00. The molecule has 1 aliphatic heterocycles. The number of hydrogen-bond donors (Lipinski definition) is 0. The first-order chi connectivity index (χ1) is 9.74. The summed E-state index contributed by atoms with van der Waals surface area (Å²) in [6.07, 6.45) is 1.16. The van der Waals surface area contributed by atoms with Crippen LogP contribution in [0.4, 0.5) is 0 Å². The van der Waals surface area contributed by atoms with Crippen molar-refractivity contribution in [1.82, 2.24) is 14.1 Å². The molecule has 0 bridgehead atoms. The van der Waals surface area contributed by atoms with Gasteiger partial charge in [-0.3, -0.25) is 14.5 Å². The van der Waals surface area contributed by atoms with E-state index in [0.717, 1.165) is 6.26 Å². The second-order valence-electron chi connectivity index (χ2n) is 5.02. The maximum Gasteiger partial charge on any atom is 0.320 e. The molecule has 0 aromatic rings. The largest absolute Gasteiger partial charge is 0.465 e. The van der Waals surface area contributed by atoms with E-state index in [2.05, 4.69) is 0 Å². The van der Waals surface area contributed by atoms with Crippen molar-refractivity contribution in [3.63, 3.8) is 0 Å². The molecule has 0 aromatic heterocycles. The van der Waals surface area contributed by atoms with Crippen molar-refractivity contribution in [2.75, 3.05) is 59.2 Å². The number of esters is 1. The zero-order valence-corrected chi connectivity index (χ0v) is 13.6. The smallest absolute Gasteiger partial charge is 0.320 e. The molecule has 0 aliphatic carbocycles. The summed E-state index contributed by atoms with van der Waals surface area (Å²) < 4.78 is 28.9. The van der Waals surface area contributed by atoms with Gasteiger partial charge < -0.3 is 9.64 Å². The molecule has 8 nitrogen and oxygen atoms in total. The fourth-order valence-electron chi connectivity index (χ4n) is 2.08. The molecular formula is C12H23N3O5S. The fraction of sp³-hybridized carbons (Fsp3) is 0.833. The molecule has 0 atom stereocenters. The predicted molar refractivity (Wildman–Crippen MR) is 77.1 cm³/mol. The van der Waals surface area contributed by atoms with Crippen LogP contribution in [0.3, 0.4) is 0 Å². The minimum Gasteiger partial charge on any atom is -0.465 e. The topological polar surface area (TPSA) is 87.2 Å². The Hall–Kier alpha value is -1.19. The molecule has 9 heteroatoms. The molecule has 0 spiro atoms. The highest BCUT2D eigenvalue weighted by Crippen LogP contribution is 2.06. The van der Waals surface area contributed by atoms with Crippen LogP contribution in [0.25, 0.3) is 0 Å². The van der Waals surface area contributed by atoms with Crippen LogP contribution in [0.15, 0.2) is 0 Å². The van der Waals surface area contributed by atoms with Gasteiger partial charge in [0.05, 0.1) is 26.0 Å². The Kier molecular flexibility index (Phi) is 6.56. The van der Waals surface area contributed by atoms with Crippen molar-refractivity contribution in [1.29, 1.82) is 0 Å². The van der Waals surface area contributed by atoms with E-state index in [0.29, 0.717) is 32.8 Å². The summed E-state index contributed by atoms with van der Waals surface area (Å²) in [4.78, 5) is 26.6. The average Bonchev–Trinajstić information content (AvgIpc) is 2.37. The molecule has 0 saturated carbocycles. The van der Waals surface area contributed by atoms with Gasteiger partial charge in [-0.05, 0) is 14.0 Å². The van der Waals surface area contributed by atoms with Gasteiger partial charge in [0.15, 0.2) is 0 Å². The summed E-state index contributed by atoms with van der Waals surface area (Å²) in [6, 6.07) is 0. The predicted octanol–water partition coefficient (Wildman–Crippen LogP) is -1.41. The molecule has 0 N–H and O–H groups in total. The van der Waals surface area contributed by atoms with Gasteiger partial charge in [0.25, 0.3) is 0 Å². The summed E-state index contributed by atoms with van der Waals surface area (Å²) in [7, 11) is -1.53. The number of rotatable bonds is 6. The lowest BCUT2D eigenvalue weighted by Gasteiger charge is -2.34. The molecular weight excluding hydrogens is 298 g/mol. The highest BCUT2D eigenvalue weighted by molar-refractivity contribution is 7.88. The van der Waals surface area contributed by atoms with Crippen LogP contribution in [0.2, 0.25) is 0 Å². The molecule has 1 saturated heterocycles. The number of sulfonamides is 1. The lowest BCUT2D eigenvalue weighted by atomic mass is 10.3. The molecule has 0 unspecified atom stereocenters. The van der Waals surface area contributed by atoms with E-state index < -0.39 is 10.0 Å². The van der Waals surface area contributed by atoms with Gasteiger partial charge in [-0.1, -0.05) is 0 Å². The molecule has 1 rings (SSSR count). The van der Waals surface area contributed by atoms with Gasteiger partial charge in [0.1, 0.15) is 0 Å². The number of piperazine rings is 1. The Balaban J connectivity index is 2.39. The number of nitrogens with zero attached hydrogens (tertiary/aromatic N) is 3. The van der Waals surface area contributed by atoms with Crippen LogP contribution in [-0.2, 0) is 24.3 Å². The minimum absolute atomic E-state index is 0.0584. The Morgan fingerprint density at radius 2 is 1.71 bits per heavy atom. The zero-order chi connectivity index (χ0) is 16.0. The summed E-state index contributed by atoms with van der Waals surface area (Å²) in [6.45, 7) is 3.58. The number of ether oxygens (including phenoxy) is 1. The molecule has 1 heterocycles. The van der Waals surface area contributed by atoms with E-state index in [4.69, 9.17) is 4.74 Å². The van der Waals surface area contributed by atoms with E-state index in [1.54, 1.807) is 23.8 Å². The van der Waals surface area contributed by atoms with Crippen molar-refractivity contribution >= 4 is 21.9 Å². The van der Waals surface area contributed by atoms with Crippen molar-refractivity contribution in [2.24, 2.45) is 0 Å². The van der Waals surface area contributed by atoms with E-state index in [-0.39, 0.29) is 25.0 Å². The van der Waals surface area contributed by atoms with E-state index in [1.165, 1.54) is 4.31 Å². The maximum absolute atomic E-state index is 12.1. The van der Waals surface area contributed by atoms with Crippen LogP contribution < -0.4 is 0 Å². The van der Waals surface area contributed by atoms with Crippen LogP contribution in [-0.4, -0.2) is 93.6 Å². The summed E-state index contributed by atoms with van der Waals surface area (Å²) in [5.41, 5.74) is 0. The standard InChI is InChI=1S/C12H23N3O5S/c1-4-20-12(17)10-13(2)9-11(16)14-5-7-15(8-6-14)21(3,18)19/h4-10H2,1-3H3. The molecule has 1 fully saturated rings. The highest BCUT2D eigenvalue weighted by atomic mass is 32.2. The monoisotopic (exact) mass is 321 g/mol. The SMILES string of the molecule is CCOC(=O)CN(C)CC(=O)N1CCN(S(C)(=O)=O)CC1. The number of carbonyl (C=O) groups excluding carboxylic acids is 2. The number of amides is 1.